The average molecular weight is 587 g/mol. The summed E-state index contributed by atoms with van der Waals surface area (Å²) in [4.78, 5) is 29.6. The Hall–Kier alpha value is -3.35. The van der Waals surface area contributed by atoms with Crippen LogP contribution < -0.4 is 20.1 Å². The van der Waals surface area contributed by atoms with Crippen LogP contribution in [0.1, 0.15) is 48.0 Å². The van der Waals surface area contributed by atoms with Crippen molar-refractivity contribution >= 4 is 27.7 Å². The zero-order valence-electron chi connectivity index (χ0n) is 23.4. The summed E-state index contributed by atoms with van der Waals surface area (Å²) < 4.78 is 43.5. The fourth-order valence-corrected chi connectivity index (χ4v) is 7.31. The van der Waals surface area contributed by atoms with Crippen LogP contribution in [0.2, 0.25) is 0 Å². The second kappa shape index (κ2) is 12.7. The molecule has 2 aromatic carbocycles. The van der Waals surface area contributed by atoms with E-state index in [0.717, 1.165) is 11.3 Å². The zero-order chi connectivity index (χ0) is 29.0. The number of rotatable bonds is 9. The first kappa shape index (κ1) is 29.2. The summed E-state index contributed by atoms with van der Waals surface area (Å²) in [5.74, 6) is 0.927. The maximum atomic E-state index is 13.5. The molecule has 2 saturated heterocycles. The van der Waals surface area contributed by atoms with Gasteiger partial charge in [-0.15, -0.1) is 0 Å². The molecule has 12 heteroatoms. The molecule has 222 valence electrons. The van der Waals surface area contributed by atoms with Gasteiger partial charge < -0.3 is 24.8 Å². The fourth-order valence-electron chi connectivity index (χ4n) is 5.76. The molecule has 2 amide bonds. The number of sulfonamides is 1. The lowest BCUT2D eigenvalue weighted by Gasteiger charge is -2.40. The highest BCUT2D eigenvalue weighted by Crippen LogP contribution is 2.33. The number of fused-ring (bicyclic) bond motifs is 1. The number of benzene rings is 2. The second-order valence-corrected chi connectivity index (χ2v) is 12.7. The molecular weight excluding hydrogens is 548 g/mol. The first-order valence-corrected chi connectivity index (χ1v) is 15.8. The molecule has 5 rings (SSSR count). The van der Waals surface area contributed by atoms with Gasteiger partial charge in [-0.05, 0) is 56.8 Å². The highest BCUT2D eigenvalue weighted by Gasteiger charge is 2.35. The van der Waals surface area contributed by atoms with Crippen molar-refractivity contribution < 1.29 is 32.2 Å². The summed E-state index contributed by atoms with van der Waals surface area (Å²) in [6, 6.07) is 12.9. The monoisotopic (exact) mass is 586 g/mol. The minimum absolute atomic E-state index is 0.0484. The Labute approximate surface area is 241 Å². The van der Waals surface area contributed by atoms with Gasteiger partial charge in [0, 0.05) is 43.9 Å². The number of likely N-dealkylation sites (tertiary alicyclic amines) is 1. The lowest BCUT2D eigenvalue weighted by atomic mass is 10.00. The van der Waals surface area contributed by atoms with Gasteiger partial charge in [0.1, 0.15) is 24.2 Å². The van der Waals surface area contributed by atoms with Crippen molar-refractivity contribution in [3.63, 3.8) is 0 Å². The molecule has 3 heterocycles. The number of para-hydroxylation sites is 1. The summed E-state index contributed by atoms with van der Waals surface area (Å²) in [5.41, 5.74) is 7.77. The van der Waals surface area contributed by atoms with Crippen LogP contribution in [0.4, 0.5) is 10.5 Å². The summed E-state index contributed by atoms with van der Waals surface area (Å²) >= 11 is 0. The Balaban J connectivity index is 1.18. The molecule has 2 N–H and O–H groups in total. The van der Waals surface area contributed by atoms with Crippen molar-refractivity contribution in [2.24, 2.45) is 5.73 Å². The summed E-state index contributed by atoms with van der Waals surface area (Å²) in [5, 5.41) is 0. The van der Waals surface area contributed by atoms with E-state index in [4.69, 9.17) is 19.9 Å². The largest absolute Gasteiger partial charge is 0.496 e. The molecule has 3 aliphatic rings. The number of ether oxygens (including phenoxy) is 3. The smallest absolute Gasteiger partial charge is 0.414 e. The van der Waals surface area contributed by atoms with E-state index in [2.05, 4.69) is 0 Å². The minimum Gasteiger partial charge on any atom is -0.496 e. The lowest BCUT2D eigenvalue weighted by Crippen LogP contribution is -2.50. The van der Waals surface area contributed by atoms with Crippen molar-refractivity contribution in [3.05, 3.63) is 53.6 Å². The van der Waals surface area contributed by atoms with Gasteiger partial charge in [0.2, 0.25) is 10.0 Å². The summed E-state index contributed by atoms with van der Waals surface area (Å²) in [6.45, 7) is 2.44. The molecule has 2 aromatic rings. The molecule has 0 radical (unpaired) electrons. The molecule has 41 heavy (non-hydrogen) atoms. The van der Waals surface area contributed by atoms with Gasteiger partial charge in [-0.1, -0.05) is 18.2 Å². The van der Waals surface area contributed by atoms with Crippen LogP contribution in [0.25, 0.3) is 0 Å². The number of nitrogens with zero attached hydrogens (tertiary/aromatic N) is 3. The van der Waals surface area contributed by atoms with Crippen molar-refractivity contribution in [1.29, 1.82) is 0 Å². The van der Waals surface area contributed by atoms with E-state index in [-0.39, 0.29) is 36.5 Å². The third kappa shape index (κ3) is 6.44. The van der Waals surface area contributed by atoms with Crippen LogP contribution in [0.15, 0.2) is 42.5 Å². The summed E-state index contributed by atoms with van der Waals surface area (Å²) in [6.07, 6.45) is 2.41. The molecule has 0 atom stereocenters. The third-order valence-electron chi connectivity index (χ3n) is 8.02. The molecule has 2 fully saturated rings. The van der Waals surface area contributed by atoms with Crippen LogP contribution in [-0.2, 0) is 21.4 Å². The number of methoxy groups -OCH3 is 1. The van der Waals surface area contributed by atoms with E-state index < -0.39 is 10.0 Å². The highest BCUT2D eigenvalue weighted by atomic mass is 32.2. The Morgan fingerprint density at radius 1 is 1.05 bits per heavy atom. The molecule has 0 spiro atoms. The maximum Gasteiger partial charge on any atom is 0.414 e. The molecule has 0 saturated carbocycles. The topological polar surface area (TPSA) is 132 Å². The van der Waals surface area contributed by atoms with Crippen LogP contribution in [0.5, 0.6) is 11.5 Å². The van der Waals surface area contributed by atoms with E-state index in [1.165, 1.54) is 11.4 Å². The van der Waals surface area contributed by atoms with E-state index >= 15 is 0 Å². The number of anilines is 1. The SMILES string of the molecule is COc1cc(OC2CCN(S(=O)(=O)CCCN)CC2)ccc1C(=O)N1CCC(N2C(=O)OCc3ccccc32)CC1. The Bertz CT molecular complexity index is 1350. The standard InChI is InChI=1S/C29H38N4O7S/c1-38-27-19-24(40-23-11-16-32(17-12-23)41(36,37)18-4-13-30)7-8-25(27)28(34)31-14-9-22(10-15-31)33-26-6-3-2-5-21(26)20-39-29(33)35/h2-3,5-8,19,22-23H,4,9-18,20,30H2,1H3. The van der Waals surface area contributed by atoms with Crippen molar-refractivity contribution in [3.8, 4) is 11.5 Å². The Morgan fingerprint density at radius 3 is 2.49 bits per heavy atom. The normalized spacial score (nSPS) is 19.0. The number of hydrogen-bond acceptors (Lipinski definition) is 8. The molecule has 0 unspecified atom stereocenters. The zero-order valence-corrected chi connectivity index (χ0v) is 24.2. The lowest BCUT2D eigenvalue weighted by molar-refractivity contribution is 0.0705. The average Bonchev–Trinajstić information content (AvgIpc) is 3.00. The third-order valence-corrected chi connectivity index (χ3v) is 9.98. The van der Waals surface area contributed by atoms with Crippen molar-refractivity contribution in [2.45, 2.75) is 50.9 Å². The van der Waals surface area contributed by atoms with Crippen LogP contribution in [-0.4, -0.2) is 87.4 Å². The van der Waals surface area contributed by atoms with Gasteiger partial charge in [0.25, 0.3) is 5.91 Å². The first-order valence-electron chi connectivity index (χ1n) is 14.2. The van der Waals surface area contributed by atoms with Crippen LogP contribution in [0, 0.1) is 0 Å². The van der Waals surface area contributed by atoms with E-state index in [9.17, 15) is 18.0 Å². The maximum absolute atomic E-state index is 13.5. The number of nitrogens with two attached hydrogens (primary N) is 1. The van der Waals surface area contributed by atoms with Gasteiger partial charge in [-0.2, -0.15) is 0 Å². The van der Waals surface area contributed by atoms with Crippen molar-refractivity contribution in [1.82, 2.24) is 9.21 Å². The predicted molar refractivity (Wildman–Crippen MR) is 154 cm³/mol. The van der Waals surface area contributed by atoms with Gasteiger partial charge in [0.15, 0.2) is 0 Å². The fraction of sp³-hybridized carbons (Fsp3) is 0.517. The summed E-state index contributed by atoms with van der Waals surface area (Å²) in [7, 11) is -1.77. The Kier molecular flexibility index (Phi) is 9.00. The molecular formula is C29H38N4O7S. The highest BCUT2D eigenvalue weighted by molar-refractivity contribution is 7.89. The van der Waals surface area contributed by atoms with E-state index in [1.54, 1.807) is 28.0 Å². The first-order chi connectivity index (χ1) is 19.8. The number of amides is 2. The molecule has 11 nitrogen and oxygen atoms in total. The molecule has 3 aliphatic heterocycles. The second-order valence-electron chi connectivity index (χ2n) is 10.6. The van der Waals surface area contributed by atoms with E-state index in [1.807, 2.05) is 24.3 Å². The van der Waals surface area contributed by atoms with Gasteiger partial charge in [-0.25, -0.2) is 17.5 Å². The minimum atomic E-state index is -3.29. The van der Waals surface area contributed by atoms with Gasteiger partial charge in [-0.3, -0.25) is 9.69 Å². The van der Waals surface area contributed by atoms with Crippen LogP contribution >= 0.6 is 0 Å². The number of hydrogen-bond donors (Lipinski definition) is 1. The quantitative estimate of drug-likeness (QED) is 0.475. The number of carbonyl (C=O) groups excluding carboxylic acids is 2. The number of cyclic esters (lactones) is 1. The molecule has 0 aliphatic carbocycles. The molecule has 0 aromatic heterocycles. The van der Waals surface area contributed by atoms with Crippen molar-refractivity contribution in [2.75, 3.05) is 50.5 Å². The van der Waals surface area contributed by atoms with Crippen LogP contribution in [0.3, 0.4) is 0 Å². The predicted octanol–water partition coefficient (Wildman–Crippen LogP) is 2.98. The molecule has 0 bridgehead atoms. The number of piperidine rings is 2. The van der Waals surface area contributed by atoms with E-state index in [0.29, 0.717) is 81.9 Å². The van der Waals surface area contributed by atoms with Gasteiger partial charge >= 0.3 is 6.09 Å². The van der Waals surface area contributed by atoms with Gasteiger partial charge in [0.05, 0.1) is 24.1 Å². The Morgan fingerprint density at radius 2 is 1.78 bits per heavy atom. The number of carbonyl (C=O) groups is 2.